The molecule has 0 atom stereocenters. The Labute approximate surface area is 118 Å². The summed E-state index contributed by atoms with van der Waals surface area (Å²) in [5.41, 5.74) is 0.323. The molecule has 0 unspecified atom stereocenters. The van der Waals surface area contributed by atoms with Gasteiger partial charge < -0.3 is 23.7 Å². The van der Waals surface area contributed by atoms with Crippen LogP contribution >= 0.6 is 0 Å². The van der Waals surface area contributed by atoms with Gasteiger partial charge in [0.2, 0.25) is 0 Å². The van der Waals surface area contributed by atoms with Crippen LogP contribution in [0, 0.1) is 0 Å². The van der Waals surface area contributed by atoms with Crippen LogP contribution in [0.1, 0.15) is 10.4 Å². The Kier molecular flexibility index (Phi) is 7.46. The zero-order chi connectivity index (χ0) is 14.8. The van der Waals surface area contributed by atoms with Crippen molar-refractivity contribution in [2.45, 2.75) is 0 Å². The molecule has 0 N–H and O–H groups in total. The van der Waals surface area contributed by atoms with Gasteiger partial charge >= 0.3 is 5.97 Å². The maximum atomic E-state index is 11.9. The Morgan fingerprint density at radius 3 is 2.40 bits per heavy atom. The van der Waals surface area contributed by atoms with Crippen LogP contribution in [0.2, 0.25) is 0 Å². The van der Waals surface area contributed by atoms with Crippen LogP contribution in [-0.2, 0) is 14.2 Å². The lowest BCUT2D eigenvalue weighted by molar-refractivity contribution is 0.0211. The van der Waals surface area contributed by atoms with Crippen molar-refractivity contribution in [3.8, 4) is 11.5 Å². The molecule has 1 aromatic carbocycles. The number of benzene rings is 1. The highest BCUT2D eigenvalue weighted by atomic mass is 16.6. The van der Waals surface area contributed by atoms with Crippen LogP contribution in [0.5, 0.6) is 11.5 Å². The summed E-state index contributed by atoms with van der Waals surface area (Å²) in [6.07, 6.45) is 0. The Morgan fingerprint density at radius 2 is 1.75 bits per heavy atom. The van der Waals surface area contributed by atoms with Crippen molar-refractivity contribution >= 4 is 5.97 Å². The highest BCUT2D eigenvalue weighted by molar-refractivity contribution is 5.93. The zero-order valence-electron chi connectivity index (χ0n) is 12.0. The van der Waals surface area contributed by atoms with Crippen LogP contribution in [0.4, 0.5) is 0 Å². The average Bonchev–Trinajstić information content (AvgIpc) is 2.49. The molecule has 0 aliphatic heterocycles. The van der Waals surface area contributed by atoms with E-state index in [1.165, 1.54) is 14.2 Å². The molecule has 0 saturated heterocycles. The minimum absolute atomic E-state index is 0.170. The fourth-order valence-electron chi connectivity index (χ4n) is 1.56. The van der Waals surface area contributed by atoms with Gasteiger partial charge in [-0.15, -0.1) is 0 Å². The molecule has 0 heterocycles. The van der Waals surface area contributed by atoms with E-state index in [1.54, 1.807) is 25.3 Å². The van der Waals surface area contributed by atoms with Gasteiger partial charge in [0.05, 0.1) is 34.0 Å². The first-order valence-corrected chi connectivity index (χ1v) is 6.19. The van der Waals surface area contributed by atoms with Crippen LogP contribution in [0.25, 0.3) is 0 Å². The van der Waals surface area contributed by atoms with Crippen LogP contribution in [-0.4, -0.2) is 53.7 Å². The Balaban J connectivity index is 2.51. The van der Waals surface area contributed by atoms with E-state index in [2.05, 4.69) is 0 Å². The number of methoxy groups -OCH3 is 3. The lowest BCUT2D eigenvalue weighted by Gasteiger charge is -2.12. The van der Waals surface area contributed by atoms with E-state index in [0.717, 1.165) is 0 Å². The first kappa shape index (κ1) is 16.3. The first-order valence-electron chi connectivity index (χ1n) is 6.19. The van der Waals surface area contributed by atoms with Crippen LogP contribution in [0.15, 0.2) is 18.2 Å². The topological polar surface area (TPSA) is 63.2 Å². The van der Waals surface area contributed by atoms with Gasteiger partial charge in [-0.05, 0) is 12.1 Å². The molecule has 0 bridgehead atoms. The van der Waals surface area contributed by atoms with E-state index >= 15 is 0 Å². The van der Waals surface area contributed by atoms with Crippen molar-refractivity contribution in [2.75, 3.05) is 47.8 Å². The second kappa shape index (κ2) is 9.17. The molecule has 0 aliphatic rings. The first-order chi connectivity index (χ1) is 9.74. The number of ether oxygens (including phenoxy) is 5. The number of carbonyl (C=O) groups excluding carboxylic acids is 1. The zero-order valence-corrected chi connectivity index (χ0v) is 12.0. The minimum atomic E-state index is -0.476. The average molecular weight is 284 g/mol. The van der Waals surface area contributed by atoms with Gasteiger partial charge in [-0.3, -0.25) is 0 Å². The minimum Gasteiger partial charge on any atom is -0.493 e. The summed E-state index contributed by atoms with van der Waals surface area (Å²) in [6.45, 7) is 1.47. The molecule has 0 aromatic heterocycles. The molecule has 1 rings (SSSR count). The molecular weight excluding hydrogens is 264 g/mol. The van der Waals surface area contributed by atoms with Gasteiger partial charge in [-0.1, -0.05) is 6.07 Å². The van der Waals surface area contributed by atoms with Gasteiger partial charge in [-0.2, -0.15) is 0 Å². The molecule has 1 aromatic rings. The van der Waals surface area contributed by atoms with Crippen molar-refractivity contribution in [2.24, 2.45) is 0 Å². The lowest BCUT2D eigenvalue weighted by atomic mass is 10.2. The molecule has 0 saturated carbocycles. The third-order valence-electron chi connectivity index (χ3n) is 2.52. The summed E-state index contributed by atoms with van der Waals surface area (Å²) in [6, 6.07) is 5.03. The number of hydrogen-bond donors (Lipinski definition) is 0. The van der Waals surface area contributed by atoms with Crippen molar-refractivity contribution < 1.29 is 28.5 Å². The van der Waals surface area contributed by atoms with E-state index in [9.17, 15) is 4.79 Å². The molecule has 112 valence electrons. The molecule has 0 radical (unpaired) electrons. The van der Waals surface area contributed by atoms with E-state index in [-0.39, 0.29) is 6.61 Å². The van der Waals surface area contributed by atoms with Gasteiger partial charge in [-0.25, -0.2) is 4.79 Å². The molecule has 6 nitrogen and oxygen atoms in total. The second-order valence-corrected chi connectivity index (χ2v) is 3.78. The maximum absolute atomic E-state index is 11.9. The summed E-state index contributed by atoms with van der Waals surface area (Å²) < 4.78 is 25.4. The maximum Gasteiger partial charge on any atom is 0.342 e. The van der Waals surface area contributed by atoms with Gasteiger partial charge in [0.25, 0.3) is 0 Å². The molecule has 6 heteroatoms. The molecule has 20 heavy (non-hydrogen) atoms. The summed E-state index contributed by atoms with van der Waals surface area (Å²) in [5.74, 6) is 0.370. The largest absolute Gasteiger partial charge is 0.493 e. The lowest BCUT2D eigenvalue weighted by Crippen LogP contribution is -2.13. The number of para-hydroxylation sites is 1. The highest BCUT2D eigenvalue weighted by Gasteiger charge is 2.17. The van der Waals surface area contributed by atoms with Crippen molar-refractivity contribution in [1.82, 2.24) is 0 Å². The van der Waals surface area contributed by atoms with Crippen molar-refractivity contribution in [3.05, 3.63) is 23.8 Å². The molecule has 0 aliphatic carbocycles. The molecule has 0 spiro atoms. The van der Waals surface area contributed by atoms with E-state index < -0.39 is 5.97 Å². The van der Waals surface area contributed by atoms with Crippen molar-refractivity contribution in [3.63, 3.8) is 0 Å². The van der Waals surface area contributed by atoms with E-state index in [0.29, 0.717) is 36.9 Å². The van der Waals surface area contributed by atoms with Gasteiger partial charge in [0.15, 0.2) is 11.5 Å². The number of rotatable bonds is 9. The quantitative estimate of drug-likeness (QED) is 0.506. The third-order valence-corrected chi connectivity index (χ3v) is 2.52. The fourth-order valence-corrected chi connectivity index (χ4v) is 1.56. The Bertz CT molecular complexity index is 418. The molecular formula is C14H20O6. The monoisotopic (exact) mass is 284 g/mol. The fraction of sp³-hybridized carbons (Fsp3) is 0.500. The predicted molar refractivity (Wildman–Crippen MR) is 72.5 cm³/mol. The summed E-state index contributed by atoms with van der Waals surface area (Å²) in [5, 5.41) is 0. The molecule has 0 fully saturated rings. The third kappa shape index (κ3) is 4.71. The highest BCUT2D eigenvalue weighted by Crippen LogP contribution is 2.30. The number of carbonyl (C=O) groups is 1. The summed E-state index contributed by atoms with van der Waals surface area (Å²) in [4.78, 5) is 11.9. The Morgan fingerprint density at radius 1 is 1.00 bits per heavy atom. The van der Waals surface area contributed by atoms with E-state index in [1.807, 2.05) is 0 Å². The second-order valence-electron chi connectivity index (χ2n) is 3.78. The normalized spacial score (nSPS) is 10.2. The summed E-state index contributed by atoms with van der Waals surface area (Å²) in [7, 11) is 4.58. The van der Waals surface area contributed by atoms with Crippen LogP contribution in [0.3, 0.4) is 0 Å². The van der Waals surface area contributed by atoms with Gasteiger partial charge in [0.1, 0.15) is 12.2 Å². The van der Waals surface area contributed by atoms with Gasteiger partial charge in [0, 0.05) is 7.11 Å². The number of esters is 1. The predicted octanol–water partition coefficient (Wildman–Crippen LogP) is 1.52. The van der Waals surface area contributed by atoms with Crippen LogP contribution < -0.4 is 9.47 Å². The number of hydrogen-bond acceptors (Lipinski definition) is 6. The summed E-state index contributed by atoms with van der Waals surface area (Å²) >= 11 is 0. The SMILES string of the molecule is COCCOCCOC(=O)c1cccc(OC)c1OC. The Hall–Kier alpha value is -1.79. The molecule has 0 amide bonds. The van der Waals surface area contributed by atoms with Crippen molar-refractivity contribution in [1.29, 1.82) is 0 Å². The smallest absolute Gasteiger partial charge is 0.342 e. The van der Waals surface area contributed by atoms with E-state index in [4.69, 9.17) is 23.7 Å². The standard InChI is InChI=1S/C14H20O6/c1-16-7-8-19-9-10-20-14(15)11-5-4-6-12(17-2)13(11)18-3/h4-6H,7-10H2,1-3H3.